The average Bonchev–Trinajstić information content (AvgIpc) is 2.72. The molecule has 2 rings (SSSR count). The lowest BCUT2D eigenvalue weighted by molar-refractivity contribution is 0.347. The molecule has 0 aromatic carbocycles. The van der Waals surface area contributed by atoms with Gasteiger partial charge in [0, 0.05) is 19.6 Å². The summed E-state index contributed by atoms with van der Waals surface area (Å²) in [6, 6.07) is 5.05. The van der Waals surface area contributed by atoms with E-state index in [1.807, 2.05) is 13.1 Å². The molecule has 0 saturated carbocycles. The lowest BCUT2D eigenvalue weighted by Crippen LogP contribution is -2.34. The van der Waals surface area contributed by atoms with Crippen molar-refractivity contribution < 1.29 is 8.42 Å². The van der Waals surface area contributed by atoms with Crippen molar-refractivity contribution in [3.8, 4) is 6.07 Å². The van der Waals surface area contributed by atoms with Crippen molar-refractivity contribution in [3.63, 3.8) is 0 Å². The number of likely N-dealkylation sites (N-methyl/N-ethyl adjacent to an activating group) is 1. The number of nitriles is 1. The van der Waals surface area contributed by atoms with E-state index in [9.17, 15) is 8.42 Å². The molecule has 1 aromatic heterocycles. The van der Waals surface area contributed by atoms with Crippen molar-refractivity contribution in [2.24, 2.45) is 0 Å². The number of hydrogen-bond acceptors (Lipinski definition) is 5. The molecule has 1 aliphatic rings. The van der Waals surface area contributed by atoms with Crippen LogP contribution in [0.25, 0.3) is 0 Å². The van der Waals surface area contributed by atoms with Crippen LogP contribution in [0, 0.1) is 11.3 Å². The fourth-order valence-corrected chi connectivity index (χ4v) is 4.64. The van der Waals surface area contributed by atoms with Gasteiger partial charge in [-0.3, -0.25) is 0 Å². The van der Waals surface area contributed by atoms with E-state index in [0.717, 1.165) is 30.8 Å². The van der Waals surface area contributed by atoms with E-state index < -0.39 is 10.0 Å². The van der Waals surface area contributed by atoms with Gasteiger partial charge in [0.15, 0.2) is 0 Å². The Morgan fingerprint density at radius 3 is 2.72 bits per heavy atom. The van der Waals surface area contributed by atoms with Crippen molar-refractivity contribution >= 4 is 21.4 Å². The largest absolute Gasteiger partial charge is 0.305 e. The molecule has 1 aromatic rings. The lowest BCUT2D eigenvalue weighted by Gasteiger charge is -2.18. The molecule has 0 bridgehead atoms. The van der Waals surface area contributed by atoms with Gasteiger partial charge < -0.3 is 4.90 Å². The number of hydrogen-bond donors (Lipinski definition) is 0. The maximum absolute atomic E-state index is 12.4. The summed E-state index contributed by atoms with van der Waals surface area (Å²) in [6.07, 6.45) is 0.839. The predicted octanol–water partition coefficient (Wildman–Crippen LogP) is 0.946. The zero-order valence-corrected chi connectivity index (χ0v) is 11.8. The summed E-state index contributed by atoms with van der Waals surface area (Å²) in [4.78, 5) is 2.56. The molecule has 0 unspecified atom stereocenters. The maximum atomic E-state index is 12.4. The Balaban J connectivity index is 2.22. The molecular weight excluding hydrogens is 270 g/mol. The van der Waals surface area contributed by atoms with Crippen LogP contribution in [0.15, 0.2) is 16.3 Å². The Labute approximate surface area is 111 Å². The van der Waals surface area contributed by atoms with Gasteiger partial charge in [-0.05, 0) is 32.1 Å². The van der Waals surface area contributed by atoms with Crippen LogP contribution in [0.3, 0.4) is 0 Å². The SMILES string of the molecule is CN1CCCN(S(=O)(=O)c2ccc(C#N)s2)CC1. The molecule has 1 fully saturated rings. The van der Waals surface area contributed by atoms with E-state index >= 15 is 0 Å². The number of sulfonamides is 1. The monoisotopic (exact) mass is 285 g/mol. The number of rotatable bonds is 2. The smallest absolute Gasteiger partial charge is 0.252 e. The first-order valence-corrected chi connectivity index (χ1v) is 7.98. The molecule has 5 nitrogen and oxygen atoms in total. The van der Waals surface area contributed by atoms with Crippen LogP contribution in [0.1, 0.15) is 11.3 Å². The first kappa shape index (κ1) is 13.5. The van der Waals surface area contributed by atoms with Gasteiger partial charge in [-0.1, -0.05) is 0 Å². The Bertz CT molecular complexity index is 559. The fourth-order valence-electron chi connectivity index (χ4n) is 1.91. The predicted molar refractivity (Wildman–Crippen MR) is 69.9 cm³/mol. The molecule has 0 atom stereocenters. The summed E-state index contributed by atoms with van der Waals surface area (Å²) in [7, 11) is -1.43. The first-order chi connectivity index (χ1) is 8.54. The summed E-state index contributed by atoms with van der Waals surface area (Å²) >= 11 is 1.04. The summed E-state index contributed by atoms with van der Waals surface area (Å²) < 4.78 is 26.6. The van der Waals surface area contributed by atoms with Crippen LogP contribution in [0.4, 0.5) is 0 Å². The summed E-state index contributed by atoms with van der Waals surface area (Å²) in [5.41, 5.74) is 0. The van der Waals surface area contributed by atoms with Gasteiger partial charge in [-0.15, -0.1) is 11.3 Å². The minimum atomic E-state index is -3.42. The van der Waals surface area contributed by atoms with Gasteiger partial charge >= 0.3 is 0 Å². The highest BCUT2D eigenvalue weighted by Crippen LogP contribution is 2.25. The Kier molecular flexibility index (Phi) is 4.02. The molecule has 98 valence electrons. The quantitative estimate of drug-likeness (QED) is 0.811. The molecular formula is C11H15N3O2S2. The zero-order valence-electron chi connectivity index (χ0n) is 10.2. The third-order valence-electron chi connectivity index (χ3n) is 2.96. The molecule has 1 saturated heterocycles. The van der Waals surface area contributed by atoms with E-state index in [2.05, 4.69) is 4.90 Å². The van der Waals surface area contributed by atoms with Gasteiger partial charge in [0.1, 0.15) is 15.2 Å². The molecule has 0 radical (unpaired) electrons. The van der Waals surface area contributed by atoms with Crippen LogP contribution >= 0.6 is 11.3 Å². The zero-order chi connectivity index (χ0) is 13.2. The fraction of sp³-hybridized carbons (Fsp3) is 0.545. The highest BCUT2D eigenvalue weighted by atomic mass is 32.2. The van der Waals surface area contributed by atoms with Crippen LogP contribution < -0.4 is 0 Å². The van der Waals surface area contributed by atoms with Crippen molar-refractivity contribution in [1.82, 2.24) is 9.21 Å². The van der Waals surface area contributed by atoms with Crippen LogP contribution in [0.5, 0.6) is 0 Å². The van der Waals surface area contributed by atoms with E-state index in [4.69, 9.17) is 5.26 Å². The molecule has 0 amide bonds. The molecule has 0 spiro atoms. The summed E-state index contributed by atoms with van der Waals surface area (Å²) in [6.45, 7) is 2.72. The molecule has 0 N–H and O–H groups in total. The molecule has 18 heavy (non-hydrogen) atoms. The summed E-state index contributed by atoms with van der Waals surface area (Å²) in [5.74, 6) is 0. The van der Waals surface area contributed by atoms with E-state index in [1.165, 1.54) is 10.4 Å². The van der Waals surface area contributed by atoms with Crippen molar-refractivity contribution in [2.45, 2.75) is 10.6 Å². The minimum Gasteiger partial charge on any atom is -0.305 e. The standard InChI is InChI=1S/C11H15N3O2S2/c1-13-5-2-6-14(8-7-13)18(15,16)11-4-3-10(9-12)17-11/h3-4H,2,5-8H2,1H3. The third kappa shape index (κ3) is 2.72. The first-order valence-electron chi connectivity index (χ1n) is 5.72. The van der Waals surface area contributed by atoms with E-state index in [0.29, 0.717) is 18.0 Å². The Morgan fingerprint density at radius 2 is 2.06 bits per heavy atom. The minimum absolute atomic E-state index is 0.267. The van der Waals surface area contributed by atoms with Crippen LogP contribution in [-0.2, 0) is 10.0 Å². The second kappa shape index (κ2) is 5.36. The van der Waals surface area contributed by atoms with Gasteiger partial charge in [0.2, 0.25) is 0 Å². The van der Waals surface area contributed by atoms with E-state index in [1.54, 1.807) is 6.07 Å². The Hall–Kier alpha value is -0.940. The van der Waals surface area contributed by atoms with Crippen LogP contribution in [-0.4, -0.2) is 50.8 Å². The van der Waals surface area contributed by atoms with Crippen LogP contribution in [0.2, 0.25) is 0 Å². The second-order valence-electron chi connectivity index (χ2n) is 4.29. The summed E-state index contributed by atoms with van der Waals surface area (Å²) in [5, 5.41) is 8.75. The third-order valence-corrected chi connectivity index (χ3v) is 6.32. The van der Waals surface area contributed by atoms with Gasteiger partial charge in [0.25, 0.3) is 10.0 Å². The number of thiophene rings is 1. The normalized spacial score (nSPS) is 19.3. The van der Waals surface area contributed by atoms with Gasteiger partial charge in [0.05, 0.1) is 0 Å². The molecule has 2 heterocycles. The average molecular weight is 285 g/mol. The highest BCUT2D eigenvalue weighted by Gasteiger charge is 2.27. The van der Waals surface area contributed by atoms with Gasteiger partial charge in [-0.2, -0.15) is 9.57 Å². The second-order valence-corrected chi connectivity index (χ2v) is 7.54. The topological polar surface area (TPSA) is 64.4 Å². The lowest BCUT2D eigenvalue weighted by atomic mass is 10.4. The molecule has 7 heteroatoms. The molecule has 1 aliphatic heterocycles. The maximum Gasteiger partial charge on any atom is 0.252 e. The Morgan fingerprint density at radius 1 is 1.28 bits per heavy atom. The number of nitrogens with zero attached hydrogens (tertiary/aromatic N) is 3. The highest BCUT2D eigenvalue weighted by molar-refractivity contribution is 7.91. The molecule has 0 aliphatic carbocycles. The van der Waals surface area contributed by atoms with Crippen molar-refractivity contribution in [1.29, 1.82) is 5.26 Å². The van der Waals surface area contributed by atoms with Crippen molar-refractivity contribution in [3.05, 3.63) is 17.0 Å². The van der Waals surface area contributed by atoms with Gasteiger partial charge in [-0.25, -0.2) is 8.42 Å². The van der Waals surface area contributed by atoms with E-state index in [-0.39, 0.29) is 4.21 Å². The van der Waals surface area contributed by atoms with Crippen molar-refractivity contribution in [2.75, 3.05) is 33.2 Å².